The normalized spacial score (nSPS) is 12.9. The summed E-state index contributed by atoms with van der Waals surface area (Å²) in [5.74, 6) is -0.0219. The number of benzene rings is 4. The van der Waals surface area contributed by atoms with Gasteiger partial charge in [-0.25, -0.2) is 19.2 Å². The zero-order chi connectivity index (χ0) is 46.3. The highest BCUT2D eigenvalue weighted by atomic mass is 35.5. The summed E-state index contributed by atoms with van der Waals surface area (Å²) in [5.41, 5.74) is 20.0. The predicted molar refractivity (Wildman–Crippen MR) is 249 cm³/mol. The maximum Gasteiger partial charge on any atom is 0.407 e. The lowest BCUT2D eigenvalue weighted by atomic mass is 9.98. The van der Waals surface area contributed by atoms with E-state index in [-0.39, 0.29) is 90.1 Å². The Morgan fingerprint density at radius 2 is 0.908 bits per heavy atom. The summed E-state index contributed by atoms with van der Waals surface area (Å²) in [4.78, 5) is 46.2. The molecule has 0 aromatic heterocycles. The molecule has 0 bridgehead atoms. The smallest absolute Gasteiger partial charge is 0.407 e. The molecule has 4 aromatic rings. The lowest BCUT2D eigenvalue weighted by Gasteiger charge is -2.18. The maximum atomic E-state index is 12.2. The number of fused-ring (bicyclic) bond motifs is 6. The van der Waals surface area contributed by atoms with E-state index in [1.165, 1.54) is 34.4 Å². The molecular formula is C47H59ClN6O11. The zero-order valence-corrected chi connectivity index (χ0v) is 36.8. The number of carbonyl (C=O) groups is 4. The number of aliphatic hydroxyl groups excluding tert-OH is 3. The number of hydrogen-bond donors (Lipinski definition) is 9. The number of alkyl carbamates (subject to hydrolysis) is 4. The van der Waals surface area contributed by atoms with Gasteiger partial charge in [0.2, 0.25) is 0 Å². The lowest BCUT2D eigenvalue weighted by molar-refractivity contribution is 0.129. The largest absolute Gasteiger partial charge is 0.449 e. The van der Waals surface area contributed by atoms with E-state index in [0.717, 1.165) is 22.3 Å². The highest BCUT2D eigenvalue weighted by molar-refractivity contribution is 5.85. The van der Waals surface area contributed by atoms with Crippen LogP contribution in [0.5, 0.6) is 0 Å². The number of nitrogens with two attached hydrogens (primary N) is 2. The van der Waals surface area contributed by atoms with Crippen LogP contribution < -0.4 is 32.7 Å². The van der Waals surface area contributed by atoms with E-state index < -0.39 is 42.5 Å². The minimum absolute atomic E-state index is 0. The molecule has 11 N–H and O–H groups in total. The van der Waals surface area contributed by atoms with Gasteiger partial charge in [0.15, 0.2) is 0 Å². The van der Waals surface area contributed by atoms with Gasteiger partial charge in [0, 0.05) is 37.5 Å². The minimum atomic E-state index is -0.693. The highest BCUT2D eigenvalue weighted by Gasteiger charge is 2.30. The number of aliphatic hydroxyl groups is 3. The lowest BCUT2D eigenvalue weighted by Crippen LogP contribution is -2.46. The van der Waals surface area contributed by atoms with Crippen LogP contribution in [-0.4, -0.2) is 124 Å². The maximum absolute atomic E-state index is 12.2. The van der Waals surface area contributed by atoms with Crippen molar-refractivity contribution in [2.24, 2.45) is 11.5 Å². The molecule has 17 nitrogen and oxygen atoms in total. The minimum Gasteiger partial charge on any atom is -0.449 e. The monoisotopic (exact) mass is 918 g/mol. The first-order valence-corrected chi connectivity index (χ1v) is 20.6. The third-order valence-electron chi connectivity index (χ3n) is 9.96. The molecule has 4 aromatic carbocycles. The van der Waals surface area contributed by atoms with Crippen LogP contribution in [0.3, 0.4) is 0 Å². The van der Waals surface area contributed by atoms with Gasteiger partial charge >= 0.3 is 24.4 Å². The number of halogens is 1. The average Bonchev–Trinajstić information content (AvgIpc) is 3.83. The molecule has 2 aliphatic carbocycles. The topological polar surface area (TPSA) is 266 Å². The van der Waals surface area contributed by atoms with Crippen molar-refractivity contribution in [3.05, 3.63) is 145 Å². The first-order valence-electron chi connectivity index (χ1n) is 20.6. The molecule has 18 heteroatoms. The van der Waals surface area contributed by atoms with Crippen molar-refractivity contribution in [1.29, 1.82) is 0 Å². The summed E-state index contributed by atoms with van der Waals surface area (Å²) in [6.45, 7) is 7.14. The van der Waals surface area contributed by atoms with E-state index in [2.05, 4.69) is 75.6 Å². The van der Waals surface area contributed by atoms with Crippen LogP contribution in [0.25, 0.3) is 22.3 Å². The van der Waals surface area contributed by atoms with Gasteiger partial charge in [0.1, 0.15) is 26.4 Å². The number of hydrogen-bond acceptors (Lipinski definition) is 13. The van der Waals surface area contributed by atoms with E-state index >= 15 is 0 Å². The second kappa shape index (κ2) is 28.3. The van der Waals surface area contributed by atoms with Gasteiger partial charge in [-0.15, -0.1) is 12.4 Å². The first kappa shape index (κ1) is 52.9. The van der Waals surface area contributed by atoms with Gasteiger partial charge < -0.3 is 67.0 Å². The zero-order valence-electron chi connectivity index (χ0n) is 35.9. The Hall–Kier alpha value is -6.47. The molecule has 2 aliphatic rings. The van der Waals surface area contributed by atoms with Gasteiger partial charge in [-0.3, -0.25) is 0 Å². The van der Waals surface area contributed by atoms with Crippen molar-refractivity contribution < 1.29 is 53.4 Å². The van der Waals surface area contributed by atoms with Crippen LogP contribution in [0, 0.1) is 0 Å². The Kier molecular flexibility index (Phi) is 23.1. The van der Waals surface area contributed by atoms with Gasteiger partial charge in [-0.1, -0.05) is 122 Å². The summed E-state index contributed by atoms with van der Waals surface area (Å²) in [5, 5.41) is 36.9. The fourth-order valence-electron chi connectivity index (χ4n) is 6.81. The van der Waals surface area contributed by atoms with E-state index in [1.807, 2.05) is 60.7 Å². The number of rotatable bonds is 18. The molecule has 0 radical (unpaired) electrons. The Balaban J connectivity index is 0.000000279. The van der Waals surface area contributed by atoms with E-state index in [9.17, 15) is 24.3 Å². The molecule has 3 atom stereocenters. The molecule has 0 heterocycles. The Morgan fingerprint density at radius 1 is 0.554 bits per heavy atom. The molecule has 0 fully saturated rings. The van der Waals surface area contributed by atoms with Crippen molar-refractivity contribution in [3.8, 4) is 22.3 Å². The van der Waals surface area contributed by atoms with Crippen LogP contribution in [0.2, 0.25) is 0 Å². The van der Waals surface area contributed by atoms with Crippen LogP contribution in [-0.2, 0) is 18.9 Å². The third-order valence-corrected chi connectivity index (χ3v) is 9.96. The predicted octanol–water partition coefficient (Wildman–Crippen LogP) is 4.28. The van der Waals surface area contributed by atoms with Crippen molar-refractivity contribution in [1.82, 2.24) is 21.3 Å². The second-order valence-corrected chi connectivity index (χ2v) is 14.4. The van der Waals surface area contributed by atoms with Crippen molar-refractivity contribution in [3.63, 3.8) is 0 Å². The van der Waals surface area contributed by atoms with E-state index in [0.29, 0.717) is 0 Å². The highest BCUT2D eigenvalue weighted by Crippen LogP contribution is 2.45. The Bertz CT molecular complexity index is 2070. The van der Waals surface area contributed by atoms with Gasteiger partial charge in [0.25, 0.3) is 0 Å². The summed E-state index contributed by atoms with van der Waals surface area (Å²) >= 11 is 0. The summed E-state index contributed by atoms with van der Waals surface area (Å²) in [6, 6.07) is 30.8. The van der Waals surface area contributed by atoms with Crippen LogP contribution in [0.4, 0.5) is 19.2 Å². The van der Waals surface area contributed by atoms with Gasteiger partial charge in [0.05, 0.1) is 31.9 Å². The number of carbonyl (C=O) groups excluding carboxylic acids is 4. The quantitative estimate of drug-likeness (QED) is 0.0499. The number of ether oxygens (including phenoxy) is 4. The summed E-state index contributed by atoms with van der Waals surface area (Å²) in [7, 11) is 0. The van der Waals surface area contributed by atoms with Crippen molar-refractivity contribution >= 4 is 36.8 Å². The number of amides is 4. The SMILES string of the molecule is C=CCOC(=O)NC[C@@H](CO)NC(=O)OCC1c2ccccc2-c2ccccc21.C=CCOC(=O)NC[C@H](N)CO.Cl.NC[C@@H](CO)NC(=O)OCC1c2ccccc2-c2ccccc21. The molecule has 0 spiro atoms. The van der Waals surface area contributed by atoms with Crippen LogP contribution in [0.15, 0.2) is 122 Å². The molecule has 0 unspecified atom stereocenters. The standard InChI is InChI=1S/C22H24N2O5.C18H20N2O3.C7H14N2O3.ClH/c1-2-11-28-21(26)23-12-15(13-25)24-22(27)29-14-20-18-9-5-3-7-16(18)17-8-4-6-10-19(17)20;19-9-12(10-21)20-18(22)23-11-17-15-7-3-1-5-13(15)14-6-2-4-8-16(14)17;1-2-3-12-7(11)9-4-6(8)5-10;/h2-10,15,20,25H,1,11-14H2,(H,23,26)(H,24,27);1-8,12,17,21H,9-11,19H2,(H,20,22);2,6,10H,1,3-5,8H2,(H,9,11);1H/t15-;12-;6-;/m000./s1. The molecule has 65 heavy (non-hydrogen) atoms. The van der Waals surface area contributed by atoms with Gasteiger partial charge in [-0.2, -0.15) is 0 Å². The molecule has 0 saturated carbocycles. The van der Waals surface area contributed by atoms with Gasteiger partial charge in [-0.05, 0) is 44.5 Å². The Morgan fingerprint density at radius 3 is 1.25 bits per heavy atom. The molecule has 0 aliphatic heterocycles. The van der Waals surface area contributed by atoms with E-state index in [4.69, 9.17) is 35.9 Å². The molecule has 0 saturated heterocycles. The fourth-order valence-corrected chi connectivity index (χ4v) is 6.81. The molecule has 350 valence electrons. The summed E-state index contributed by atoms with van der Waals surface area (Å²) in [6.07, 6.45) is 0.476. The van der Waals surface area contributed by atoms with Crippen LogP contribution in [0.1, 0.15) is 34.1 Å². The van der Waals surface area contributed by atoms with Crippen LogP contribution >= 0.6 is 12.4 Å². The van der Waals surface area contributed by atoms with Crippen molar-refractivity contribution in [2.45, 2.75) is 30.0 Å². The molecular weight excluding hydrogens is 860 g/mol. The second-order valence-electron chi connectivity index (χ2n) is 14.4. The van der Waals surface area contributed by atoms with E-state index in [1.54, 1.807) is 0 Å². The summed E-state index contributed by atoms with van der Waals surface area (Å²) < 4.78 is 20.1. The third kappa shape index (κ3) is 15.9. The fraction of sp³-hybridized carbons (Fsp3) is 0.319. The molecule has 4 amide bonds. The van der Waals surface area contributed by atoms with Crippen molar-refractivity contribution in [2.75, 3.05) is 65.9 Å². The first-order chi connectivity index (χ1) is 31.1. The molecule has 6 rings (SSSR count). The average molecular weight is 919 g/mol. The Labute approximate surface area is 384 Å². The number of nitrogens with one attached hydrogen (secondary N) is 4.